The smallest absolute Gasteiger partial charge is 0.264 e. The van der Waals surface area contributed by atoms with Gasteiger partial charge < -0.3 is 19.9 Å². The second-order valence-electron chi connectivity index (χ2n) is 9.93. The minimum Gasteiger partial charge on any atom is -0.379 e. The summed E-state index contributed by atoms with van der Waals surface area (Å²) in [6.45, 7) is 2.96. The van der Waals surface area contributed by atoms with E-state index in [1.807, 2.05) is 17.0 Å². The number of carbonyl (C=O) groups excluding carboxylic acids is 1. The molecule has 16 heteroatoms. The van der Waals surface area contributed by atoms with E-state index in [1.165, 1.54) is 4.68 Å². The number of carbonyl (C=O) groups is 1. The van der Waals surface area contributed by atoms with Gasteiger partial charge in [0.15, 0.2) is 11.5 Å². The molecule has 1 fully saturated rings. The summed E-state index contributed by atoms with van der Waals surface area (Å²) in [4.78, 5) is 36.6. The molecule has 4 aromatic rings. The number of anilines is 2. The molecule has 1 saturated heterocycles. The van der Waals surface area contributed by atoms with Crippen LogP contribution in [-0.2, 0) is 26.0 Å². The molecule has 3 heterocycles. The molecule has 1 aliphatic rings. The number of fused-ring (bicyclic) bond motifs is 1. The Kier molecular flexibility index (Phi) is 8.55. The van der Waals surface area contributed by atoms with E-state index in [9.17, 15) is 18.0 Å². The van der Waals surface area contributed by atoms with Crippen LogP contribution < -0.4 is 20.9 Å². The van der Waals surface area contributed by atoms with Crippen LogP contribution in [0.4, 0.5) is 11.5 Å². The van der Waals surface area contributed by atoms with Gasteiger partial charge in [0.25, 0.3) is 5.56 Å². The molecule has 0 radical (unpaired) electrons. The summed E-state index contributed by atoms with van der Waals surface area (Å²) in [6.07, 6.45) is 0.265. The van der Waals surface area contributed by atoms with Gasteiger partial charge >= 0.3 is 0 Å². The molecule has 5 rings (SSSR count). The number of benzene rings is 2. The first kappa shape index (κ1) is 29.9. The minimum absolute atomic E-state index is 0.0453. The van der Waals surface area contributed by atoms with Crippen LogP contribution in [0.1, 0.15) is 11.4 Å². The van der Waals surface area contributed by atoms with E-state index in [0.29, 0.717) is 30.5 Å². The Morgan fingerprint density at radius 1 is 1.14 bits per heavy atom. The summed E-state index contributed by atoms with van der Waals surface area (Å²) >= 11 is 12.9. The van der Waals surface area contributed by atoms with E-state index in [1.54, 1.807) is 31.1 Å². The van der Waals surface area contributed by atoms with Crippen molar-refractivity contribution in [2.75, 3.05) is 57.2 Å². The molecule has 2 aromatic heterocycles. The number of nitrogens with zero attached hydrogens (tertiary/aromatic N) is 5. The Morgan fingerprint density at radius 3 is 2.38 bits per heavy atom. The fraction of sp³-hybridized carbons (Fsp3) is 0.308. The average Bonchev–Trinajstić information content (AvgIpc) is 3.29. The summed E-state index contributed by atoms with van der Waals surface area (Å²) in [5.41, 5.74) is 1.37. The molecule has 1 amide bonds. The molecule has 222 valence electrons. The van der Waals surface area contributed by atoms with Crippen LogP contribution in [0.25, 0.3) is 16.7 Å². The average molecular weight is 636 g/mol. The topological polar surface area (TPSA) is 169 Å². The number of hydrogen-bond acceptors (Lipinski definition) is 9. The summed E-state index contributed by atoms with van der Waals surface area (Å²) in [5.74, 6) is 0.544. The van der Waals surface area contributed by atoms with Gasteiger partial charge in [-0.25, -0.2) is 23.2 Å². The Hall–Kier alpha value is -3.53. The number of sulfonamides is 1. The third kappa shape index (κ3) is 6.43. The summed E-state index contributed by atoms with van der Waals surface area (Å²) in [6, 6.07) is 9.55. The van der Waals surface area contributed by atoms with Gasteiger partial charge in [0.1, 0.15) is 16.9 Å². The third-order valence-electron chi connectivity index (χ3n) is 6.60. The molecular weight excluding hydrogens is 607 g/mol. The lowest BCUT2D eigenvalue weighted by Crippen LogP contribution is -2.41. The number of aromatic nitrogens is 4. The van der Waals surface area contributed by atoms with Crippen LogP contribution in [0, 0.1) is 0 Å². The van der Waals surface area contributed by atoms with E-state index >= 15 is 0 Å². The van der Waals surface area contributed by atoms with Gasteiger partial charge in [-0.15, -0.1) is 5.10 Å². The molecule has 13 nitrogen and oxygen atoms in total. The molecule has 42 heavy (non-hydrogen) atoms. The third-order valence-corrected chi connectivity index (χ3v) is 8.07. The molecule has 0 saturated carbocycles. The highest BCUT2D eigenvalue weighted by molar-refractivity contribution is 7.89. The standard InChI is InChI=1S/C26H28Cl2N8O5S/c1-34(2)25-22-24(36(33-25)23-18(27)12-17(13-19(23)28)42(29,39)40)31-20(32-26(22)38)11-15-3-5-16(6-4-15)30-21(37)14-35-7-9-41-10-8-35/h3-6,12-13H,7-11,14H2,1-2H3,(H,30,37)(H2,29,39,40)(H,31,32,38). The molecular formula is C26H28Cl2N8O5S. The lowest BCUT2D eigenvalue weighted by Gasteiger charge is -2.25. The Bertz CT molecular complexity index is 1790. The SMILES string of the molecule is CN(C)c1nn(-c2c(Cl)cc(S(N)(=O)=O)cc2Cl)c2nc(Cc3ccc(NC(=O)CN4CCOCC4)cc3)[nH]c(=O)c12. The van der Waals surface area contributed by atoms with Gasteiger partial charge in [-0.3, -0.25) is 14.5 Å². The van der Waals surface area contributed by atoms with Crippen LogP contribution in [0.15, 0.2) is 46.1 Å². The number of H-pyrrole nitrogens is 1. The fourth-order valence-electron chi connectivity index (χ4n) is 4.58. The van der Waals surface area contributed by atoms with Crippen LogP contribution in [0.2, 0.25) is 10.0 Å². The van der Waals surface area contributed by atoms with Crippen molar-refractivity contribution in [2.24, 2.45) is 5.14 Å². The highest BCUT2D eigenvalue weighted by atomic mass is 35.5. The van der Waals surface area contributed by atoms with Crippen molar-refractivity contribution in [3.63, 3.8) is 0 Å². The maximum atomic E-state index is 13.3. The van der Waals surface area contributed by atoms with Gasteiger partial charge in [-0.1, -0.05) is 35.3 Å². The maximum Gasteiger partial charge on any atom is 0.264 e. The van der Waals surface area contributed by atoms with Crippen LogP contribution in [0.3, 0.4) is 0 Å². The molecule has 1 aliphatic heterocycles. The minimum atomic E-state index is -4.07. The molecule has 0 aliphatic carbocycles. The van der Waals surface area contributed by atoms with Gasteiger partial charge in [0.05, 0.1) is 34.7 Å². The summed E-state index contributed by atoms with van der Waals surface area (Å²) in [7, 11) is -0.637. The molecule has 0 spiro atoms. The largest absolute Gasteiger partial charge is 0.379 e. The van der Waals surface area contributed by atoms with Crippen molar-refractivity contribution in [3.8, 4) is 5.69 Å². The molecule has 0 atom stereocenters. The quantitative estimate of drug-likeness (QED) is 0.262. The van der Waals surface area contributed by atoms with E-state index in [2.05, 4.69) is 20.4 Å². The number of hydrogen-bond donors (Lipinski definition) is 3. The number of aromatic amines is 1. The second-order valence-corrected chi connectivity index (χ2v) is 12.3. The second kappa shape index (κ2) is 12.0. The number of nitrogens with one attached hydrogen (secondary N) is 2. The predicted molar refractivity (Wildman–Crippen MR) is 160 cm³/mol. The molecule has 0 bridgehead atoms. The molecule has 4 N–H and O–H groups in total. The van der Waals surface area contributed by atoms with E-state index in [0.717, 1.165) is 30.8 Å². The van der Waals surface area contributed by atoms with E-state index < -0.39 is 15.6 Å². The van der Waals surface area contributed by atoms with E-state index in [4.69, 9.17) is 33.1 Å². The number of amides is 1. The highest BCUT2D eigenvalue weighted by Crippen LogP contribution is 2.34. The number of morpholine rings is 1. The van der Waals surface area contributed by atoms with E-state index in [-0.39, 0.29) is 50.5 Å². The van der Waals surface area contributed by atoms with Crippen molar-refractivity contribution in [1.82, 2.24) is 24.6 Å². The first-order valence-electron chi connectivity index (χ1n) is 12.8. The molecule has 0 unspecified atom stereocenters. The Morgan fingerprint density at radius 2 is 1.79 bits per heavy atom. The lowest BCUT2D eigenvalue weighted by atomic mass is 10.1. The number of ether oxygens (including phenoxy) is 1. The van der Waals surface area contributed by atoms with Gasteiger partial charge in [0.2, 0.25) is 15.9 Å². The van der Waals surface area contributed by atoms with Crippen molar-refractivity contribution in [2.45, 2.75) is 11.3 Å². The van der Waals surface area contributed by atoms with Gasteiger partial charge in [-0.05, 0) is 29.8 Å². The first-order chi connectivity index (χ1) is 19.9. The summed E-state index contributed by atoms with van der Waals surface area (Å²) < 4.78 is 30.3. The number of primary sulfonamides is 1. The van der Waals surface area contributed by atoms with Gasteiger partial charge in [0, 0.05) is 39.3 Å². The zero-order chi connectivity index (χ0) is 30.2. The predicted octanol–water partition coefficient (Wildman–Crippen LogP) is 1.99. The monoisotopic (exact) mass is 634 g/mol. The van der Waals surface area contributed by atoms with Crippen LogP contribution >= 0.6 is 23.2 Å². The van der Waals surface area contributed by atoms with Crippen LogP contribution in [0.5, 0.6) is 0 Å². The fourth-order valence-corrected chi connectivity index (χ4v) is 5.92. The number of nitrogens with two attached hydrogens (primary N) is 1. The first-order valence-corrected chi connectivity index (χ1v) is 15.1. The highest BCUT2D eigenvalue weighted by Gasteiger charge is 2.24. The Balaban J connectivity index is 1.44. The molecule has 2 aromatic carbocycles. The van der Waals surface area contributed by atoms with Crippen molar-refractivity contribution in [1.29, 1.82) is 0 Å². The summed E-state index contributed by atoms with van der Waals surface area (Å²) in [5, 5.41) is 12.8. The van der Waals surface area contributed by atoms with Gasteiger partial charge in [-0.2, -0.15) is 0 Å². The number of rotatable bonds is 8. The van der Waals surface area contributed by atoms with Crippen molar-refractivity contribution in [3.05, 3.63) is 68.2 Å². The lowest BCUT2D eigenvalue weighted by molar-refractivity contribution is -0.118. The van der Waals surface area contributed by atoms with Crippen molar-refractivity contribution >= 4 is 61.7 Å². The maximum absolute atomic E-state index is 13.3. The normalized spacial score (nSPS) is 14.3. The Labute approximate surface area is 251 Å². The van der Waals surface area contributed by atoms with Crippen molar-refractivity contribution < 1.29 is 17.9 Å². The number of halogens is 2. The zero-order valence-corrected chi connectivity index (χ0v) is 25.1. The zero-order valence-electron chi connectivity index (χ0n) is 22.7. The van der Waals surface area contributed by atoms with Crippen LogP contribution in [-0.4, -0.2) is 85.9 Å².